The van der Waals surface area contributed by atoms with E-state index in [1.54, 1.807) is 30.3 Å². The van der Waals surface area contributed by atoms with E-state index < -0.39 is 10.9 Å². The van der Waals surface area contributed by atoms with Gasteiger partial charge < -0.3 is 14.6 Å². The summed E-state index contributed by atoms with van der Waals surface area (Å²) >= 11 is 0. The van der Waals surface area contributed by atoms with Crippen LogP contribution in [0.1, 0.15) is 23.7 Å². The molecule has 0 amide bonds. The number of hydrogen-bond donors (Lipinski definition) is 1. The van der Waals surface area contributed by atoms with Crippen LogP contribution in [0.25, 0.3) is 11.1 Å². The molecule has 0 radical (unpaired) electrons. The first-order chi connectivity index (χ1) is 12.0. The smallest absolute Gasteiger partial charge is 0.344 e. The number of carbonyl (C=O) groups is 1. The number of esters is 1. The summed E-state index contributed by atoms with van der Waals surface area (Å²) in [5, 5.41) is 20.3. The van der Waals surface area contributed by atoms with E-state index in [0.717, 1.165) is 0 Å². The van der Waals surface area contributed by atoms with Crippen LogP contribution >= 0.6 is 0 Å². The van der Waals surface area contributed by atoms with Crippen LogP contribution < -0.4 is 4.74 Å². The average molecular weight is 345 g/mol. The number of ether oxygens (including phenoxy) is 2. The second kappa shape index (κ2) is 8.25. The van der Waals surface area contributed by atoms with Gasteiger partial charge in [-0.05, 0) is 24.6 Å². The maximum Gasteiger partial charge on any atom is 0.344 e. The Hall–Kier alpha value is -2.93. The van der Waals surface area contributed by atoms with Gasteiger partial charge in [0.2, 0.25) is 0 Å². The molecule has 0 bridgehead atoms. The van der Waals surface area contributed by atoms with Gasteiger partial charge in [0, 0.05) is 24.7 Å². The molecule has 2 aromatic carbocycles. The lowest BCUT2D eigenvalue weighted by atomic mass is 10.0. The highest BCUT2D eigenvalue weighted by Crippen LogP contribution is 2.34. The summed E-state index contributed by atoms with van der Waals surface area (Å²) in [5.74, 6) is -0.220. The highest BCUT2D eigenvalue weighted by atomic mass is 16.6. The summed E-state index contributed by atoms with van der Waals surface area (Å²) in [6.07, 6.45) is 0.255. The van der Waals surface area contributed by atoms with Crippen LogP contribution in [-0.2, 0) is 4.74 Å². The van der Waals surface area contributed by atoms with Gasteiger partial charge in [-0.15, -0.1) is 0 Å². The summed E-state index contributed by atoms with van der Waals surface area (Å²) in [5.41, 5.74) is 0.767. The Balaban J connectivity index is 2.47. The molecule has 0 saturated carbocycles. The third-order valence-electron chi connectivity index (χ3n) is 3.66. The quantitative estimate of drug-likeness (QED) is 0.470. The SMILES string of the molecule is COC(=O)c1ccc(-c2ccccc2O[C@H](C)CCO)cc1[N+](=O)[O-]. The minimum atomic E-state index is -0.764. The van der Waals surface area contributed by atoms with Crippen molar-refractivity contribution in [3.63, 3.8) is 0 Å². The van der Waals surface area contributed by atoms with E-state index in [1.807, 2.05) is 6.92 Å². The molecule has 7 nitrogen and oxygen atoms in total. The van der Waals surface area contributed by atoms with Gasteiger partial charge in [-0.25, -0.2) is 4.79 Å². The zero-order chi connectivity index (χ0) is 18.4. The Bertz CT molecular complexity index is 774. The van der Waals surface area contributed by atoms with Crippen LogP contribution in [0.3, 0.4) is 0 Å². The van der Waals surface area contributed by atoms with Crippen molar-refractivity contribution < 1.29 is 24.3 Å². The Kier molecular flexibility index (Phi) is 6.08. The first-order valence-corrected chi connectivity index (χ1v) is 7.71. The van der Waals surface area contributed by atoms with Crippen molar-refractivity contribution in [2.45, 2.75) is 19.4 Å². The molecule has 7 heteroatoms. The molecule has 132 valence electrons. The van der Waals surface area contributed by atoms with E-state index >= 15 is 0 Å². The summed E-state index contributed by atoms with van der Waals surface area (Å²) in [6.45, 7) is 1.83. The third kappa shape index (κ3) is 4.33. The van der Waals surface area contributed by atoms with Gasteiger partial charge in [0.15, 0.2) is 0 Å². The maximum absolute atomic E-state index is 11.7. The molecular formula is C18H19NO6. The second-order valence-corrected chi connectivity index (χ2v) is 5.42. The largest absolute Gasteiger partial charge is 0.490 e. The molecule has 0 aliphatic heterocycles. The monoisotopic (exact) mass is 345 g/mol. The highest BCUT2D eigenvalue weighted by molar-refractivity contribution is 5.95. The number of para-hydroxylation sites is 1. The normalized spacial score (nSPS) is 11.6. The molecule has 0 aliphatic rings. The molecule has 2 rings (SSSR count). The standard InChI is InChI=1S/C18H19NO6/c1-12(9-10-20)25-17-6-4-3-5-14(17)13-7-8-15(18(21)24-2)16(11-13)19(22)23/h3-8,11-12,20H,9-10H2,1-2H3/t12-/m1/s1. The van der Waals surface area contributed by atoms with Crippen molar-refractivity contribution in [2.24, 2.45) is 0 Å². The predicted octanol–water partition coefficient (Wildman–Crippen LogP) is 3.20. The Morgan fingerprint density at radius 1 is 1.28 bits per heavy atom. The fourth-order valence-electron chi connectivity index (χ4n) is 2.40. The Morgan fingerprint density at radius 2 is 2.00 bits per heavy atom. The fourth-order valence-corrected chi connectivity index (χ4v) is 2.40. The number of rotatable bonds is 7. The summed E-state index contributed by atoms with van der Waals surface area (Å²) < 4.78 is 10.4. The molecular weight excluding hydrogens is 326 g/mol. The first kappa shape index (κ1) is 18.4. The Morgan fingerprint density at radius 3 is 2.64 bits per heavy atom. The van der Waals surface area contributed by atoms with Crippen molar-refractivity contribution in [2.75, 3.05) is 13.7 Å². The van der Waals surface area contributed by atoms with Gasteiger partial charge in [0.05, 0.1) is 18.1 Å². The zero-order valence-electron chi connectivity index (χ0n) is 14.0. The van der Waals surface area contributed by atoms with Crippen LogP contribution in [0.4, 0.5) is 5.69 Å². The Labute approximate surface area is 145 Å². The molecule has 0 aliphatic carbocycles. The molecule has 2 aromatic rings. The van der Waals surface area contributed by atoms with Gasteiger partial charge in [0.1, 0.15) is 11.3 Å². The lowest BCUT2D eigenvalue weighted by Gasteiger charge is -2.17. The average Bonchev–Trinajstić information content (AvgIpc) is 2.61. The van der Waals surface area contributed by atoms with Gasteiger partial charge in [-0.2, -0.15) is 0 Å². The molecule has 0 aromatic heterocycles. The van der Waals surface area contributed by atoms with Gasteiger partial charge in [-0.3, -0.25) is 10.1 Å². The molecule has 0 unspecified atom stereocenters. The minimum absolute atomic E-state index is 0.00261. The maximum atomic E-state index is 11.7. The fraction of sp³-hybridized carbons (Fsp3) is 0.278. The molecule has 25 heavy (non-hydrogen) atoms. The molecule has 1 atom stereocenters. The second-order valence-electron chi connectivity index (χ2n) is 5.42. The van der Waals surface area contributed by atoms with Crippen molar-refractivity contribution in [1.82, 2.24) is 0 Å². The van der Waals surface area contributed by atoms with E-state index in [0.29, 0.717) is 23.3 Å². The van der Waals surface area contributed by atoms with E-state index in [-0.39, 0.29) is 24.0 Å². The number of hydrogen-bond acceptors (Lipinski definition) is 6. The predicted molar refractivity (Wildman–Crippen MR) is 91.7 cm³/mol. The number of benzene rings is 2. The number of nitro groups is 1. The number of methoxy groups -OCH3 is 1. The number of nitro benzene ring substituents is 1. The number of nitrogens with zero attached hydrogens (tertiary/aromatic N) is 1. The molecule has 0 fully saturated rings. The van der Waals surface area contributed by atoms with Crippen molar-refractivity contribution in [3.8, 4) is 16.9 Å². The number of aliphatic hydroxyl groups is 1. The third-order valence-corrected chi connectivity index (χ3v) is 3.66. The molecule has 0 spiro atoms. The molecule has 0 saturated heterocycles. The summed E-state index contributed by atoms with van der Waals surface area (Å²) in [4.78, 5) is 22.4. The van der Waals surface area contributed by atoms with Crippen LogP contribution in [-0.4, -0.2) is 35.8 Å². The lowest BCUT2D eigenvalue weighted by molar-refractivity contribution is -0.385. The zero-order valence-corrected chi connectivity index (χ0v) is 14.0. The van der Waals surface area contributed by atoms with Crippen molar-refractivity contribution in [1.29, 1.82) is 0 Å². The molecule has 1 N–H and O–H groups in total. The summed E-state index contributed by atoms with van der Waals surface area (Å²) in [6, 6.07) is 11.4. The molecule has 0 heterocycles. The number of aliphatic hydroxyl groups excluding tert-OH is 1. The van der Waals surface area contributed by atoms with Crippen LogP contribution in [0, 0.1) is 10.1 Å². The van der Waals surface area contributed by atoms with Gasteiger partial charge >= 0.3 is 5.97 Å². The van der Waals surface area contributed by atoms with Crippen molar-refractivity contribution in [3.05, 3.63) is 58.1 Å². The lowest BCUT2D eigenvalue weighted by Crippen LogP contribution is -2.13. The highest BCUT2D eigenvalue weighted by Gasteiger charge is 2.22. The van der Waals surface area contributed by atoms with E-state index in [1.165, 1.54) is 19.2 Å². The van der Waals surface area contributed by atoms with Crippen molar-refractivity contribution >= 4 is 11.7 Å². The van der Waals surface area contributed by atoms with Crippen LogP contribution in [0.2, 0.25) is 0 Å². The van der Waals surface area contributed by atoms with Crippen LogP contribution in [0.15, 0.2) is 42.5 Å². The van der Waals surface area contributed by atoms with Gasteiger partial charge in [-0.1, -0.05) is 24.3 Å². The number of carbonyl (C=O) groups excluding carboxylic acids is 1. The van der Waals surface area contributed by atoms with E-state index in [9.17, 15) is 14.9 Å². The summed E-state index contributed by atoms with van der Waals surface area (Å²) in [7, 11) is 1.17. The minimum Gasteiger partial charge on any atom is -0.490 e. The topological polar surface area (TPSA) is 98.9 Å². The van der Waals surface area contributed by atoms with Gasteiger partial charge in [0.25, 0.3) is 5.69 Å². The van der Waals surface area contributed by atoms with E-state index in [4.69, 9.17) is 9.84 Å². The first-order valence-electron chi connectivity index (χ1n) is 7.71. The van der Waals surface area contributed by atoms with Crippen LogP contribution in [0.5, 0.6) is 5.75 Å². The van der Waals surface area contributed by atoms with E-state index in [2.05, 4.69) is 4.74 Å².